The van der Waals surface area contributed by atoms with Crippen LogP contribution in [-0.2, 0) is 4.74 Å². The van der Waals surface area contributed by atoms with Crippen molar-refractivity contribution < 1.29 is 4.74 Å². The monoisotopic (exact) mass is 281 g/mol. The average molecular weight is 281 g/mol. The molecule has 0 aromatic rings. The van der Waals surface area contributed by atoms with Gasteiger partial charge >= 0.3 is 0 Å². The van der Waals surface area contributed by atoms with Crippen LogP contribution >= 0.6 is 0 Å². The van der Waals surface area contributed by atoms with Crippen LogP contribution in [0.3, 0.4) is 0 Å². The van der Waals surface area contributed by atoms with Crippen LogP contribution in [0.4, 0.5) is 0 Å². The van der Waals surface area contributed by atoms with Crippen molar-refractivity contribution in [3.8, 4) is 0 Å². The summed E-state index contributed by atoms with van der Waals surface area (Å²) in [6, 6.07) is 0.770. The number of nitrogens with one attached hydrogen (secondary N) is 1. The molecule has 20 heavy (non-hydrogen) atoms. The molecular formula is C18H35NO. The zero-order valence-electron chi connectivity index (χ0n) is 13.9. The third-order valence-electron chi connectivity index (χ3n) is 5.51. The van der Waals surface area contributed by atoms with E-state index < -0.39 is 0 Å². The fourth-order valence-corrected chi connectivity index (χ4v) is 4.10. The van der Waals surface area contributed by atoms with E-state index in [1.165, 1.54) is 57.9 Å². The van der Waals surface area contributed by atoms with E-state index in [0.29, 0.717) is 6.10 Å². The maximum Gasteiger partial charge on any atom is 0.0576 e. The second-order valence-electron chi connectivity index (χ2n) is 7.35. The van der Waals surface area contributed by atoms with Crippen LogP contribution in [0.5, 0.6) is 0 Å². The third-order valence-corrected chi connectivity index (χ3v) is 5.51. The number of ether oxygens (including phenoxy) is 1. The summed E-state index contributed by atoms with van der Waals surface area (Å²) < 4.78 is 5.81. The van der Waals surface area contributed by atoms with Crippen LogP contribution < -0.4 is 5.32 Å². The Balaban J connectivity index is 1.83. The Kier molecular flexibility index (Phi) is 6.83. The maximum absolute atomic E-state index is 5.81. The molecule has 1 aliphatic heterocycles. The minimum atomic E-state index is 0.571. The smallest absolute Gasteiger partial charge is 0.0576 e. The van der Waals surface area contributed by atoms with Crippen LogP contribution in [0.25, 0.3) is 0 Å². The highest BCUT2D eigenvalue weighted by Gasteiger charge is 2.31. The van der Waals surface area contributed by atoms with Crippen molar-refractivity contribution in [2.75, 3.05) is 13.2 Å². The Morgan fingerprint density at radius 2 is 2.00 bits per heavy atom. The highest BCUT2D eigenvalue weighted by atomic mass is 16.5. The first kappa shape index (κ1) is 16.3. The number of hydrogen-bond donors (Lipinski definition) is 1. The lowest BCUT2D eigenvalue weighted by Gasteiger charge is -2.39. The first-order chi connectivity index (χ1) is 9.70. The van der Waals surface area contributed by atoms with Gasteiger partial charge in [0, 0.05) is 12.6 Å². The second-order valence-corrected chi connectivity index (χ2v) is 7.35. The van der Waals surface area contributed by atoms with Crippen LogP contribution in [0.1, 0.15) is 72.1 Å². The normalized spacial score (nSPS) is 34.8. The van der Waals surface area contributed by atoms with Crippen molar-refractivity contribution >= 4 is 0 Å². The molecule has 2 nitrogen and oxygen atoms in total. The Morgan fingerprint density at radius 3 is 2.65 bits per heavy atom. The van der Waals surface area contributed by atoms with E-state index in [0.717, 1.165) is 30.4 Å². The van der Waals surface area contributed by atoms with E-state index in [-0.39, 0.29) is 0 Å². The second kappa shape index (κ2) is 8.38. The summed E-state index contributed by atoms with van der Waals surface area (Å²) in [5, 5.41) is 3.82. The van der Waals surface area contributed by atoms with E-state index in [9.17, 15) is 0 Å². The van der Waals surface area contributed by atoms with Gasteiger partial charge in [-0.1, -0.05) is 20.8 Å². The molecule has 1 saturated carbocycles. The summed E-state index contributed by atoms with van der Waals surface area (Å²) >= 11 is 0. The molecule has 0 aromatic carbocycles. The van der Waals surface area contributed by atoms with E-state index in [1.54, 1.807) is 0 Å². The van der Waals surface area contributed by atoms with Gasteiger partial charge in [-0.3, -0.25) is 0 Å². The molecule has 1 aliphatic carbocycles. The summed E-state index contributed by atoms with van der Waals surface area (Å²) in [4.78, 5) is 0. The van der Waals surface area contributed by atoms with Crippen molar-refractivity contribution in [2.45, 2.75) is 84.3 Å². The maximum atomic E-state index is 5.81. The van der Waals surface area contributed by atoms with Gasteiger partial charge in [0.05, 0.1) is 6.10 Å². The number of hydrogen-bond acceptors (Lipinski definition) is 2. The minimum Gasteiger partial charge on any atom is -0.378 e. The largest absolute Gasteiger partial charge is 0.378 e. The topological polar surface area (TPSA) is 21.3 Å². The SMILES string of the molecule is CCCNC1CCC(C(C)C)CC1CCC1CCCO1. The zero-order valence-corrected chi connectivity index (χ0v) is 13.9. The molecule has 0 aromatic heterocycles. The summed E-state index contributed by atoms with van der Waals surface area (Å²) in [6.07, 6.45) is 11.3. The molecular weight excluding hydrogens is 246 g/mol. The van der Waals surface area contributed by atoms with Gasteiger partial charge in [-0.15, -0.1) is 0 Å². The van der Waals surface area contributed by atoms with E-state index >= 15 is 0 Å². The first-order valence-corrected chi connectivity index (χ1v) is 9.05. The molecule has 2 heteroatoms. The Labute approximate surface area is 126 Å². The minimum absolute atomic E-state index is 0.571. The van der Waals surface area contributed by atoms with E-state index in [4.69, 9.17) is 4.74 Å². The van der Waals surface area contributed by atoms with Gasteiger partial charge in [-0.25, -0.2) is 0 Å². The predicted molar refractivity (Wildman–Crippen MR) is 86.0 cm³/mol. The summed E-state index contributed by atoms with van der Waals surface area (Å²) in [5.74, 6) is 2.68. The molecule has 2 fully saturated rings. The van der Waals surface area contributed by atoms with Gasteiger partial charge in [-0.2, -0.15) is 0 Å². The summed E-state index contributed by atoms with van der Waals surface area (Å²) in [6.45, 7) is 9.27. The van der Waals surface area contributed by atoms with Crippen LogP contribution in [0, 0.1) is 17.8 Å². The highest BCUT2D eigenvalue weighted by Crippen LogP contribution is 2.37. The van der Waals surface area contributed by atoms with E-state index in [2.05, 4.69) is 26.1 Å². The van der Waals surface area contributed by atoms with E-state index in [1.807, 2.05) is 0 Å². The quantitative estimate of drug-likeness (QED) is 0.747. The number of rotatable bonds is 7. The van der Waals surface area contributed by atoms with Crippen molar-refractivity contribution in [3.05, 3.63) is 0 Å². The third kappa shape index (κ3) is 4.73. The predicted octanol–water partition coefficient (Wildman–Crippen LogP) is 4.39. The molecule has 0 spiro atoms. The van der Waals surface area contributed by atoms with Gasteiger partial charge in [0.25, 0.3) is 0 Å². The molecule has 2 rings (SSSR count). The molecule has 0 bridgehead atoms. The fourth-order valence-electron chi connectivity index (χ4n) is 4.10. The summed E-state index contributed by atoms with van der Waals surface area (Å²) in [5.41, 5.74) is 0. The van der Waals surface area contributed by atoms with Crippen molar-refractivity contribution in [1.82, 2.24) is 5.32 Å². The molecule has 0 amide bonds. The van der Waals surface area contributed by atoms with Crippen LogP contribution in [0.2, 0.25) is 0 Å². The molecule has 1 N–H and O–H groups in total. The highest BCUT2D eigenvalue weighted by molar-refractivity contribution is 4.86. The van der Waals surface area contributed by atoms with Crippen LogP contribution in [0.15, 0.2) is 0 Å². The molecule has 4 atom stereocenters. The lowest BCUT2D eigenvalue weighted by Crippen LogP contribution is -2.42. The van der Waals surface area contributed by atoms with Crippen molar-refractivity contribution in [2.24, 2.45) is 17.8 Å². The Hall–Kier alpha value is -0.0800. The Bertz CT molecular complexity index is 260. The lowest BCUT2D eigenvalue weighted by molar-refractivity contribution is 0.0856. The first-order valence-electron chi connectivity index (χ1n) is 9.05. The standard InChI is InChI=1S/C18H35NO/c1-4-11-19-18-10-8-15(14(2)3)13-16(18)7-9-17-6-5-12-20-17/h14-19H,4-13H2,1-3H3. The van der Waals surface area contributed by atoms with Gasteiger partial charge in [0.2, 0.25) is 0 Å². The van der Waals surface area contributed by atoms with Gasteiger partial charge < -0.3 is 10.1 Å². The van der Waals surface area contributed by atoms with Crippen molar-refractivity contribution in [1.29, 1.82) is 0 Å². The average Bonchev–Trinajstić information content (AvgIpc) is 2.96. The van der Waals surface area contributed by atoms with Crippen LogP contribution in [-0.4, -0.2) is 25.3 Å². The molecule has 1 saturated heterocycles. The molecule has 1 heterocycles. The fraction of sp³-hybridized carbons (Fsp3) is 1.00. The van der Waals surface area contributed by atoms with Gasteiger partial charge in [0.1, 0.15) is 0 Å². The molecule has 4 unspecified atom stereocenters. The summed E-state index contributed by atoms with van der Waals surface area (Å²) in [7, 11) is 0. The van der Waals surface area contributed by atoms with Gasteiger partial charge in [0.15, 0.2) is 0 Å². The molecule has 0 radical (unpaired) electrons. The lowest BCUT2D eigenvalue weighted by atomic mass is 9.72. The molecule has 118 valence electrons. The van der Waals surface area contributed by atoms with Crippen molar-refractivity contribution in [3.63, 3.8) is 0 Å². The molecule has 2 aliphatic rings. The Morgan fingerprint density at radius 1 is 1.15 bits per heavy atom. The van der Waals surface area contributed by atoms with Gasteiger partial charge in [-0.05, 0) is 75.7 Å². The zero-order chi connectivity index (χ0) is 14.4.